The van der Waals surface area contributed by atoms with Crippen LogP contribution in [0.15, 0.2) is 4.79 Å². The molecule has 1 aliphatic heterocycles. The fourth-order valence-corrected chi connectivity index (χ4v) is 6.48. The van der Waals surface area contributed by atoms with Crippen molar-refractivity contribution < 1.29 is 4.79 Å². The summed E-state index contributed by atoms with van der Waals surface area (Å²) >= 11 is 3.27. The number of nitrogens with one attached hydrogen (secondary N) is 2. The van der Waals surface area contributed by atoms with E-state index < -0.39 is 0 Å². The molecule has 3 aromatic heterocycles. The maximum Gasteiger partial charge on any atom is 0.259 e. The Balaban J connectivity index is 1.10. The highest BCUT2D eigenvalue weighted by molar-refractivity contribution is 7.98. The van der Waals surface area contributed by atoms with E-state index in [0.717, 1.165) is 66.9 Å². The van der Waals surface area contributed by atoms with Crippen molar-refractivity contribution in [2.24, 2.45) is 0 Å². The first kappa shape index (κ1) is 20.7. The first-order valence-corrected chi connectivity index (χ1v) is 12.9. The van der Waals surface area contributed by atoms with Gasteiger partial charge in [-0.3, -0.25) is 9.59 Å². The number of aromatic amines is 1. The second-order valence-corrected chi connectivity index (χ2v) is 10.3. The standard InChI is InChI=1S/C21H26N6O2S2/c28-18(22-11-17-26-25-16-7-2-1-3-9-27(16)17)8-10-30-12-15-23-20(29)19-13-5-4-6-14(13)31-21(19)24-15/h1-12H2,(H,22,28)(H,23,24,29). The van der Waals surface area contributed by atoms with Gasteiger partial charge in [0.05, 0.1) is 17.7 Å². The Labute approximate surface area is 188 Å². The van der Waals surface area contributed by atoms with E-state index in [4.69, 9.17) is 0 Å². The van der Waals surface area contributed by atoms with Crippen molar-refractivity contribution in [1.82, 2.24) is 30.0 Å². The number of thiophene rings is 1. The number of amides is 1. The molecular formula is C21H26N6O2S2. The predicted molar refractivity (Wildman–Crippen MR) is 122 cm³/mol. The highest BCUT2D eigenvalue weighted by Gasteiger charge is 2.21. The summed E-state index contributed by atoms with van der Waals surface area (Å²) in [6.07, 6.45) is 8.08. The van der Waals surface area contributed by atoms with E-state index in [1.807, 2.05) is 0 Å². The number of carbonyl (C=O) groups excluding carboxylic acids is 1. The van der Waals surface area contributed by atoms with Gasteiger partial charge in [-0.1, -0.05) is 6.42 Å². The summed E-state index contributed by atoms with van der Waals surface area (Å²) in [5, 5.41) is 12.3. The molecule has 0 saturated heterocycles. The molecule has 0 aromatic carbocycles. The average molecular weight is 459 g/mol. The summed E-state index contributed by atoms with van der Waals surface area (Å²) in [7, 11) is 0. The molecular weight excluding hydrogens is 432 g/mol. The molecule has 8 nitrogen and oxygen atoms in total. The van der Waals surface area contributed by atoms with Gasteiger partial charge in [0.25, 0.3) is 5.56 Å². The minimum Gasteiger partial charge on any atom is -0.349 e. The largest absolute Gasteiger partial charge is 0.349 e. The van der Waals surface area contributed by atoms with Gasteiger partial charge in [-0.25, -0.2) is 4.98 Å². The third-order valence-electron chi connectivity index (χ3n) is 5.97. The van der Waals surface area contributed by atoms with Crippen molar-refractivity contribution in [2.75, 3.05) is 5.75 Å². The van der Waals surface area contributed by atoms with Crippen molar-refractivity contribution >= 4 is 39.2 Å². The van der Waals surface area contributed by atoms with E-state index in [9.17, 15) is 9.59 Å². The number of thioether (sulfide) groups is 1. The molecule has 0 bridgehead atoms. The third kappa shape index (κ3) is 4.41. The van der Waals surface area contributed by atoms with Gasteiger partial charge in [-0.05, 0) is 37.7 Å². The number of aromatic nitrogens is 5. The minimum atomic E-state index is -0.0230. The zero-order chi connectivity index (χ0) is 21.2. The topological polar surface area (TPSA) is 106 Å². The maximum atomic E-state index is 12.5. The summed E-state index contributed by atoms with van der Waals surface area (Å²) in [6.45, 7) is 1.36. The maximum absolute atomic E-state index is 12.5. The number of hydrogen-bond acceptors (Lipinski definition) is 7. The number of nitrogens with zero attached hydrogens (tertiary/aromatic N) is 4. The van der Waals surface area contributed by atoms with Gasteiger partial charge in [-0.15, -0.1) is 21.5 Å². The molecule has 0 radical (unpaired) electrons. The Morgan fingerprint density at radius 2 is 2.10 bits per heavy atom. The fourth-order valence-electron chi connectivity index (χ4n) is 4.39. The third-order valence-corrected chi connectivity index (χ3v) is 8.12. The Morgan fingerprint density at radius 1 is 1.16 bits per heavy atom. The average Bonchev–Trinajstić information content (AvgIpc) is 3.40. The molecule has 2 aliphatic rings. The summed E-state index contributed by atoms with van der Waals surface area (Å²) in [6, 6.07) is 0. The number of hydrogen-bond donors (Lipinski definition) is 2. The quantitative estimate of drug-likeness (QED) is 0.528. The highest BCUT2D eigenvalue weighted by atomic mass is 32.2. The molecule has 10 heteroatoms. The minimum absolute atomic E-state index is 0.00468. The van der Waals surface area contributed by atoms with Gasteiger partial charge in [0, 0.05) is 30.0 Å². The summed E-state index contributed by atoms with van der Waals surface area (Å²) < 4.78 is 2.15. The van der Waals surface area contributed by atoms with Gasteiger partial charge in [0.2, 0.25) is 5.91 Å². The highest BCUT2D eigenvalue weighted by Crippen LogP contribution is 2.34. The van der Waals surface area contributed by atoms with Crippen molar-refractivity contribution in [3.05, 3.63) is 38.3 Å². The lowest BCUT2D eigenvalue weighted by atomic mass is 10.2. The summed E-state index contributed by atoms with van der Waals surface area (Å²) in [4.78, 5) is 34.5. The first-order chi connectivity index (χ1) is 15.2. The van der Waals surface area contributed by atoms with Gasteiger partial charge in [-0.2, -0.15) is 11.8 Å². The second kappa shape index (κ2) is 9.12. The Kier molecular flexibility index (Phi) is 6.08. The van der Waals surface area contributed by atoms with Crippen LogP contribution in [0.4, 0.5) is 0 Å². The van der Waals surface area contributed by atoms with E-state index >= 15 is 0 Å². The van der Waals surface area contributed by atoms with Crippen molar-refractivity contribution in [2.45, 2.75) is 70.2 Å². The molecule has 2 N–H and O–H groups in total. The fraction of sp³-hybridized carbons (Fsp3) is 0.571. The van der Waals surface area contributed by atoms with E-state index in [1.54, 1.807) is 23.1 Å². The second-order valence-electron chi connectivity index (χ2n) is 8.12. The first-order valence-electron chi connectivity index (χ1n) is 11.0. The van der Waals surface area contributed by atoms with Gasteiger partial charge in [0.1, 0.15) is 16.5 Å². The molecule has 0 atom stereocenters. The van der Waals surface area contributed by atoms with E-state index in [-0.39, 0.29) is 11.5 Å². The lowest BCUT2D eigenvalue weighted by Crippen LogP contribution is -2.25. The number of H-pyrrole nitrogens is 1. The van der Waals surface area contributed by atoms with Crippen molar-refractivity contribution in [3.8, 4) is 0 Å². The Morgan fingerprint density at radius 3 is 3.03 bits per heavy atom. The molecule has 3 aromatic rings. The molecule has 5 rings (SSSR count). The van der Waals surface area contributed by atoms with Crippen LogP contribution in [-0.4, -0.2) is 36.4 Å². The van der Waals surface area contributed by atoms with Crippen LogP contribution in [0.3, 0.4) is 0 Å². The Hall–Kier alpha value is -2.20. The number of rotatable bonds is 7. The van der Waals surface area contributed by atoms with Crippen LogP contribution in [0, 0.1) is 0 Å². The normalized spacial score (nSPS) is 15.6. The van der Waals surface area contributed by atoms with Crippen LogP contribution >= 0.6 is 23.1 Å². The Bertz CT molecular complexity index is 1160. The lowest BCUT2D eigenvalue weighted by molar-refractivity contribution is -0.120. The van der Waals surface area contributed by atoms with Crippen molar-refractivity contribution in [1.29, 1.82) is 0 Å². The zero-order valence-electron chi connectivity index (χ0n) is 17.4. The number of aryl methyl sites for hydroxylation is 3. The van der Waals surface area contributed by atoms with Crippen LogP contribution < -0.4 is 10.9 Å². The molecule has 4 heterocycles. The summed E-state index contributed by atoms with van der Waals surface area (Å²) in [5.74, 6) is 3.84. The molecule has 0 spiro atoms. The van der Waals surface area contributed by atoms with E-state index in [1.165, 1.54) is 16.9 Å². The molecule has 1 amide bonds. The van der Waals surface area contributed by atoms with Crippen LogP contribution in [0.5, 0.6) is 0 Å². The molecule has 0 unspecified atom stereocenters. The summed E-state index contributed by atoms with van der Waals surface area (Å²) in [5.41, 5.74) is 1.18. The zero-order valence-corrected chi connectivity index (χ0v) is 19.0. The smallest absolute Gasteiger partial charge is 0.259 e. The van der Waals surface area contributed by atoms with Crippen LogP contribution in [0.2, 0.25) is 0 Å². The van der Waals surface area contributed by atoms with Crippen LogP contribution in [0.1, 0.15) is 60.0 Å². The lowest BCUT2D eigenvalue weighted by Gasteiger charge is -2.08. The number of fused-ring (bicyclic) bond motifs is 4. The van der Waals surface area contributed by atoms with Gasteiger partial charge in [0.15, 0.2) is 5.82 Å². The van der Waals surface area contributed by atoms with E-state index in [2.05, 4.69) is 30.0 Å². The van der Waals surface area contributed by atoms with Gasteiger partial charge >= 0.3 is 0 Å². The SMILES string of the molecule is O=C(CCSCc1nc2sc3c(c2c(=O)[nH]1)CCC3)NCc1nnc2n1CCCCC2. The molecule has 1 aliphatic carbocycles. The van der Waals surface area contributed by atoms with Crippen LogP contribution in [0.25, 0.3) is 10.2 Å². The van der Waals surface area contributed by atoms with E-state index in [0.29, 0.717) is 30.3 Å². The molecule has 0 saturated carbocycles. The van der Waals surface area contributed by atoms with Crippen LogP contribution in [-0.2, 0) is 42.9 Å². The van der Waals surface area contributed by atoms with Gasteiger partial charge < -0.3 is 14.9 Å². The monoisotopic (exact) mass is 458 g/mol. The predicted octanol–water partition coefficient (Wildman–Crippen LogP) is 2.73. The van der Waals surface area contributed by atoms with Crippen molar-refractivity contribution in [3.63, 3.8) is 0 Å². The molecule has 31 heavy (non-hydrogen) atoms. The molecule has 164 valence electrons. The molecule has 0 fully saturated rings. The number of carbonyl (C=O) groups is 1.